The molecule has 0 spiro atoms. The minimum Gasteiger partial charge on any atom is -0.392 e. The SMILES string of the molecule is C=CCCC(O)CN1CCN(c2nc(C)nc(COC)c2Cc2c(F)cccc2Cl)CC1. The first-order chi connectivity index (χ1) is 15.4. The lowest BCUT2D eigenvalue weighted by Gasteiger charge is -2.37. The Labute approximate surface area is 194 Å². The van der Waals surface area contributed by atoms with Crippen molar-refractivity contribution < 1.29 is 14.2 Å². The molecule has 0 radical (unpaired) electrons. The highest BCUT2D eigenvalue weighted by Gasteiger charge is 2.25. The summed E-state index contributed by atoms with van der Waals surface area (Å²) < 4.78 is 19.9. The van der Waals surface area contributed by atoms with E-state index >= 15 is 0 Å². The molecule has 8 heteroatoms. The number of rotatable bonds is 10. The van der Waals surface area contributed by atoms with Crippen molar-refractivity contribution in [3.8, 4) is 0 Å². The van der Waals surface area contributed by atoms with E-state index in [2.05, 4.69) is 21.4 Å². The van der Waals surface area contributed by atoms with E-state index in [0.29, 0.717) is 36.0 Å². The van der Waals surface area contributed by atoms with E-state index in [4.69, 9.17) is 21.3 Å². The average molecular weight is 463 g/mol. The van der Waals surface area contributed by atoms with Crippen LogP contribution in [0.1, 0.15) is 35.5 Å². The van der Waals surface area contributed by atoms with Gasteiger partial charge in [0.2, 0.25) is 0 Å². The van der Waals surface area contributed by atoms with Crippen molar-refractivity contribution in [1.82, 2.24) is 14.9 Å². The zero-order valence-electron chi connectivity index (χ0n) is 18.9. The number of aryl methyl sites for hydroxylation is 1. The number of β-amino-alcohol motifs (C(OH)–C–C–N with tert-alkyl or cyclic N) is 1. The van der Waals surface area contributed by atoms with Gasteiger partial charge in [0.25, 0.3) is 0 Å². The van der Waals surface area contributed by atoms with Gasteiger partial charge in [-0.2, -0.15) is 0 Å². The molecule has 1 saturated heterocycles. The molecule has 174 valence electrons. The van der Waals surface area contributed by atoms with Gasteiger partial charge in [0.15, 0.2) is 0 Å². The van der Waals surface area contributed by atoms with Crippen LogP contribution in [0.15, 0.2) is 30.9 Å². The lowest BCUT2D eigenvalue weighted by Crippen LogP contribution is -2.49. The predicted molar refractivity (Wildman–Crippen MR) is 126 cm³/mol. The molecule has 2 aromatic rings. The number of piperazine rings is 1. The van der Waals surface area contributed by atoms with Crippen LogP contribution in [0.4, 0.5) is 10.2 Å². The highest BCUT2D eigenvalue weighted by atomic mass is 35.5. The van der Waals surface area contributed by atoms with Crippen molar-refractivity contribution in [2.24, 2.45) is 0 Å². The summed E-state index contributed by atoms with van der Waals surface area (Å²) in [7, 11) is 1.62. The molecule has 1 unspecified atom stereocenters. The minimum atomic E-state index is -0.354. The zero-order valence-corrected chi connectivity index (χ0v) is 19.6. The van der Waals surface area contributed by atoms with Crippen LogP contribution in [-0.2, 0) is 17.8 Å². The van der Waals surface area contributed by atoms with E-state index in [9.17, 15) is 9.50 Å². The first-order valence-corrected chi connectivity index (χ1v) is 11.3. The number of methoxy groups -OCH3 is 1. The Kier molecular flexibility index (Phi) is 8.99. The van der Waals surface area contributed by atoms with Gasteiger partial charge in [0, 0.05) is 62.4 Å². The van der Waals surface area contributed by atoms with Gasteiger partial charge >= 0.3 is 0 Å². The van der Waals surface area contributed by atoms with Crippen molar-refractivity contribution in [2.45, 2.75) is 38.9 Å². The van der Waals surface area contributed by atoms with E-state index in [1.54, 1.807) is 19.2 Å². The van der Waals surface area contributed by atoms with Crippen molar-refractivity contribution >= 4 is 17.4 Å². The molecule has 0 amide bonds. The van der Waals surface area contributed by atoms with Crippen LogP contribution in [-0.4, -0.2) is 65.9 Å². The van der Waals surface area contributed by atoms with Crippen LogP contribution < -0.4 is 4.90 Å². The summed E-state index contributed by atoms with van der Waals surface area (Å²) in [4.78, 5) is 13.8. The van der Waals surface area contributed by atoms with Gasteiger partial charge < -0.3 is 14.7 Å². The number of aromatic nitrogens is 2. The van der Waals surface area contributed by atoms with Crippen molar-refractivity contribution in [3.05, 3.63) is 64.3 Å². The number of hydrogen-bond acceptors (Lipinski definition) is 6. The first-order valence-electron chi connectivity index (χ1n) is 11.0. The number of ether oxygens (including phenoxy) is 1. The Balaban J connectivity index is 1.83. The molecule has 2 heterocycles. The lowest BCUT2D eigenvalue weighted by atomic mass is 10.0. The van der Waals surface area contributed by atoms with Gasteiger partial charge in [0.05, 0.1) is 18.4 Å². The third-order valence-corrected chi connectivity index (χ3v) is 6.08. The third-order valence-electron chi connectivity index (χ3n) is 5.72. The highest BCUT2D eigenvalue weighted by molar-refractivity contribution is 6.31. The summed E-state index contributed by atoms with van der Waals surface area (Å²) in [6.45, 7) is 9.68. The molecule has 0 bridgehead atoms. The molecule has 0 aliphatic carbocycles. The normalized spacial score (nSPS) is 15.7. The van der Waals surface area contributed by atoms with Crippen LogP contribution in [0.5, 0.6) is 0 Å². The van der Waals surface area contributed by atoms with Gasteiger partial charge in [-0.15, -0.1) is 6.58 Å². The van der Waals surface area contributed by atoms with E-state index in [-0.39, 0.29) is 11.9 Å². The number of hydrogen-bond donors (Lipinski definition) is 1. The van der Waals surface area contributed by atoms with Crippen molar-refractivity contribution in [3.63, 3.8) is 0 Å². The maximum Gasteiger partial charge on any atom is 0.136 e. The molecule has 1 aliphatic rings. The Morgan fingerprint density at radius 3 is 2.66 bits per heavy atom. The molecular formula is C24H32ClFN4O2. The van der Waals surface area contributed by atoms with Gasteiger partial charge in [-0.25, -0.2) is 14.4 Å². The molecule has 6 nitrogen and oxygen atoms in total. The first kappa shape index (κ1) is 24.6. The van der Waals surface area contributed by atoms with Crippen LogP contribution >= 0.6 is 11.6 Å². The predicted octanol–water partition coefficient (Wildman–Crippen LogP) is 3.76. The van der Waals surface area contributed by atoms with E-state index in [1.807, 2.05) is 13.0 Å². The number of allylic oxidation sites excluding steroid dienone is 1. The Morgan fingerprint density at radius 2 is 2.00 bits per heavy atom. The molecular weight excluding hydrogens is 431 g/mol. The number of benzene rings is 1. The van der Waals surface area contributed by atoms with Gasteiger partial charge in [0.1, 0.15) is 17.5 Å². The fourth-order valence-corrected chi connectivity index (χ4v) is 4.29. The van der Waals surface area contributed by atoms with Crippen LogP contribution in [0.25, 0.3) is 0 Å². The topological polar surface area (TPSA) is 61.7 Å². The number of aliphatic hydroxyl groups is 1. The second kappa shape index (κ2) is 11.7. The summed E-state index contributed by atoms with van der Waals surface area (Å²) in [6.07, 6.45) is 3.31. The van der Waals surface area contributed by atoms with Crippen molar-refractivity contribution in [1.29, 1.82) is 0 Å². The van der Waals surface area contributed by atoms with Crippen LogP contribution in [0.2, 0.25) is 5.02 Å². The largest absolute Gasteiger partial charge is 0.392 e. The summed E-state index contributed by atoms with van der Waals surface area (Å²) >= 11 is 6.32. The molecule has 1 aliphatic heterocycles. The summed E-state index contributed by atoms with van der Waals surface area (Å²) in [5.74, 6) is 1.11. The fourth-order valence-electron chi connectivity index (χ4n) is 4.06. The maximum atomic E-state index is 14.6. The van der Waals surface area contributed by atoms with Gasteiger partial charge in [-0.1, -0.05) is 23.7 Å². The quantitative estimate of drug-likeness (QED) is 0.542. The standard InChI is InChI=1S/C24H32ClFN4O2/c1-4-5-7-18(31)15-29-10-12-30(13-11-29)24-20(23(16-32-3)27-17(2)28-24)14-19-21(25)8-6-9-22(19)26/h4,6,8-9,18,31H,1,5,7,10-16H2,2-3H3. The minimum absolute atomic E-state index is 0.292. The number of aliphatic hydroxyl groups excluding tert-OH is 1. The second-order valence-electron chi connectivity index (χ2n) is 8.14. The maximum absolute atomic E-state index is 14.6. The van der Waals surface area contributed by atoms with Crippen LogP contribution in [0.3, 0.4) is 0 Å². The van der Waals surface area contributed by atoms with Gasteiger partial charge in [-0.05, 0) is 31.9 Å². The number of halogens is 2. The molecule has 0 saturated carbocycles. The number of anilines is 1. The Bertz CT molecular complexity index is 899. The van der Waals surface area contributed by atoms with E-state index in [0.717, 1.165) is 56.1 Å². The fraction of sp³-hybridized carbons (Fsp3) is 0.500. The van der Waals surface area contributed by atoms with Gasteiger partial charge in [-0.3, -0.25) is 4.90 Å². The Morgan fingerprint density at radius 1 is 1.25 bits per heavy atom. The highest BCUT2D eigenvalue weighted by Crippen LogP contribution is 2.29. The third kappa shape index (κ3) is 6.25. The van der Waals surface area contributed by atoms with E-state index < -0.39 is 0 Å². The number of nitrogens with zero attached hydrogens (tertiary/aromatic N) is 4. The summed E-state index contributed by atoms with van der Waals surface area (Å²) in [6, 6.07) is 4.72. The molecule has 1 aromatic carbocycles. The smallest absolute Gasteiger partial charge is 0.136 e. The monoisotopic (exact) mass is 462 g/mol. The molecule has 32 heavy (non-hydrogen) atoms. The second-order valence-corrected chi connectivity index (χ2v) is 8.54. The lowest BCUT2D eigenvalue weighted by molar-refractivity contribution is 0.103. The molecule has 1 atom stereocenters. The van der Waals surface area contributed by atoms with Crippen LogP contribution in [0, 0.1) is 12.7 Å². The molecule has 1 N–H and O–H groups in total. The molecule has 1 aromatic heterocycles. The van der Waals surface area contributed by atoms with E-state index in [1.165, 1.54) is 6.07 Å². The Hall–Kier alpha value is -2.06. The average Bonchev–Trinajstić information content (AvgIpc) is 2.76. The summed E-state index contributed by atoms with van der Waals surface area (Å²) in [5.41, 5.74) is 2.02. The van der Waals surface area contributed by atoms with Crippen molar-refractivity contribution in [2.75, 3.05) is 44.7 Å². The summed E-state index contributed by atoms with van der Waals surface area (Å²) in [5, 5.41) is 10.6. The molecule has 1 fully saturated rings. The molecule has 3 rings (SSSR count). The zero-order chi connectivity index (χ0) is 23.1.